The molecule has 0 radical (unpaired) electrons. The van der Waals surface area contributed by atoms with Gasteiger partial charge in [0.15, 0.2) is 0 Å². The second-order valence-corrected chi connectivity index (χ2v) is 18.6. The zero-order valence-corrected chi connectivity index (χ0v) is 35.2. The Hall–Kier alpha value is -6.83. The number of hydrogen-bond acceptors (Lipinski definition) is 1. The van der Waals surface area contributed by atoms with Crippen molar-refractivity contribution in [1.82, 2.24) is 4.98 Å². The standard InChI is InChI=1S/C60H47N/c1-58(2)47-24-12-11-22-43(47)44-32-30-41(35-54(44)58)40-31-33-48-46(34-40)57-45(56-37-42(38-18-7-5-8-19-38)36-55(61-56)39-20-9-6-10-21-39)23-17-29-53(57)60(48)51-27-15-13-25-49(51)59(3,4)50-26-14-16-28-52(50)60/h5-33,35-37,40H,34H2,1-4H3. The van der Waals surface area contributed by atoms with E-state index in [4.69, 9.17) is 4.98 Å². The zero-order valence-electron chi connectivity index (χ0n) is 35.2. The van der Waals surface area contributed by atoms with Crippen molar-refractivity contribution in [2.45, 2.75) is 56.3 Å². The molecule has 0 N–H and O–H groups in total. The van der Waals surface area contributed by atoms with Crippen LogP contribution in [0.15, 0.2) is 200 Å². The molecule has 8 aromatic rings. The van der Waals surface area contributed by atoms with Gasteiger partial charge in [-0.3, -0.25) is 0 Å². The molecule has 292 valence electrons. The number of benzene rings is 7. The van der Waals surface area contributed by atoms with E-state index < -0.39 is 5.41 Å². The van der Waals surface area contributed by atoms with Gasteiger partial charge in [0, 0.05) is 27.9 Å². The van der Waals surface area contributed by atoms with Crippen LogP contribution in [-0.4, -0.2) is 4.98 Å². The first-order valence-electron chi connectivity index (χ1n) is 21.9. The van der Waals surface area contributed by atoms with E-state index in [1.807, 2.05) is 0 Å². The maximum absolute atomic E-state index is 5.57. The Bertz CT molecular complexity index is 3050. The van der Waals surface area contributed by atoms with Crippen molar-refractivity contribution in [3.63, 3.8) is 0 Å². The van der Waals surface area contributed by atoms with Gasteiger partial charge in [0.2, 0.25) is 0 Å². The highest BCUT2D eigenvalue weighted by molar-refractivity contribution is 5.97. The van der Waals surface area contributed by atoms with E-state index in [9.17, 15) is 0 Å². The van der Waals surface area contributed by atoms with Gasteiger partial charge >= 0.3 is 0 Å². The van der Waals surface area contributed by atoms with Crippen molar-refractivity contribution >= 4 is 5.57 Å². The number of nitrogens with zero attached hydrogens (tertiary/aromatic N) is 1. The van der Waals surface area contributed by atoms with Gasteiger partial charge in [-0.05, 0) is 102 Å². The molecule has 0 amide bonds. The Kier molecular flexibility index (Phi) is 7.73. The summed E-state index contributed by atoms with van der Waals surface area (Å²) in [5, 5.41) is 0. The van der Waals surface area contributed by atoms with Crippen LogP contribution in [0.5, 0.6) is 0 Å². The molecule has 0 aliphatic heterocycles. The minimum Gasteiger partial charge on any atom is -0.248 e. The largest absolute Gasteiger partial charge is 0.248 e. The van der Waals surface area contributed by atoms with Gasteiger partial charge in [0.05, 0.1) is 16.8 Å². The van der Waals surface area contributed by atoms with Gasteiger partial charge in [0.1, 0.15) is 0 Å². The molecule has 1 spiro atoms. The highest BCUT2D eigenvalue weighted by atomic mass is 14.7. The number of pyridine rings is 1. The minimum absolute atomic E-state index is 0.0594. The van der Waals surface area contributed by atoms with Crippen molar-refractivity contribution < 1.29 is 0 Å². The average molecular weight is 782 g/mol. The lowest BCUT2D eigenvalue weighted by atomic mass is 9.55. The first-order valence-corrected chi connectivity index (χ1v) is 21.9. The van der Waals surface area contributed by atoms with Crippen molar-refractivity contribution in [1.29, 1.82) is 0 Å². The summed E-state index contributed by atoms with van der Waals surface area (Å²) in [6.45, 7) is 9.59. The molecular weight excluding hydrogens is 735 g/mol. The Morgan fingerprint density at radius 1 is 0.426 bits per heavy atom. The summed E-state index contributed by atoms with van der Waals surface area (Å²) in [5.74, 6) is 0.216. The molecule has 61 heavy (non-hydrogen) atoms. The number of rotatable bonds is 4. The Labute approximate surface area is 359 Å². The van der Waals surface area contributed by atoms with Crippen molar-refractivity contribution in [3.05, 3.63) is 250 Å². The molecule has 4 aliphatic carbocycles. The number of allylic oxidation sites excluding steroid dienone is 4. The molecule has 7 aromatic carbocycles. The highest BCUT2D eigenvalue weighted by Crippen LogP contribution is 2.64. The molecule has 1 nitrogen and oxygen atoms in total. The lowest BCUT2D eigenvalue weighted by molar-refractivity contribution is 0.561. The van der Waals surface area contributed by atoms with Crippen LogP contribution >= 0.6 is 0 Å². The van der Waals surface area contributed by atoms with E-state index in [-0.39, 0.29) is 16.7 Å². The topological polar surface area (TPSA) is 12.9 Å². The summed E-state index contributed by atoms with van der Waals surface area (Å²) in [6.07, 6.45) is 5.95. The average Bonchev–Trinajstić information content (AvgIpc) is 3.74. The molecule has 0 saturated heterocycles. The van der Waals surface area contributed by atoms with Gasteiger partial charge < -0.3 is 0 Å². The predicted octanol–water partition coefficient (Wildman–Crippen LogP) is 14.9. The molecule has 1 heterocycles. The Morgan fingerprint density at radius 3 is 1.67 bits per heavy atom. The Morgan fingerprint density at radius 2 is 0.967 bits per heavy atom. The van der Waals surface area contributed by atoms with Crippen LogP contribution in [0.4, 0.5) is 0 Å². The van der Waals surface area contributed by atoms with Crippen LogP contribution in [0.1, 0.15) is 90.1 Å². The molecule has 1 aromatic heterocycles. The van der Waals surface area contributed by atoms with Crippen molar-refractivity contribution in [2.24, 2.45) is 0 Å². The third-order valence-electron chi connectivity index (χ3n) is 14.7. The monoisotopic (exact) mass is 781 g/mol. The van der Waals surface area contributed by atoms with Crippen molar-refractivity contribution in [3.8, 4) is 44.8 Å². The summed E-state index contributed by atoms with van der Waals surface area (Å²) in [7, 11) is 0. The predicted molar refractivity (Wildman–Crippen MR) is 253 cm³/mol. The number of fused-ring (bicyclic) bond motifs is 11. The molecular formula is C60H47N. The molecule has 0 bridgehead atoms. The van der Waals surface area contributed by atoms with Crippen LogP contribution in [0.3, 0.4) is 0 Å². The number of hydrogen-bond donors (Lipinski definition) is 0. The lowest BCUT2D eigenvalue weighted by Gasteiger charge is -2.47. The smallest absolute Gasteiger partial charge is 0.0721 e. The van der Waals surface area contributed by atoms with E-state index >= 15 is 0 Å². The fraction of sp³-hybridized carbons (Fsp3) is 0.150. The molecule has 1 heteroatoms. The summed E-state index contributed by atoms with van der Waals surface area (Å²) in [6, 6.07) is 67.9. The molecule has 0 fully saturated rings. The SMILES string of the molecule is CC1(C)c2ccccc2-c2ccc(C3C=CC4=C(C3)c3c(-c5cc(-c6ccccc6)cc(-c6ccccc6)n5)cccc3C43c4ccccc4C(C)(C)c4ccccc43)cc21. The summed E-state index contributed by atoms with van der Waals surface area (Å²) >= 11 is 0. The van der Waals surface area contributed by atoms with E-state index in [1.165, 1.54) is 89.0 Å². The second kappa shape index (κ2) is 13.1. The fourth-order valence-electron chi connectivity index (χ4n) is 11.8. The molecule has 1 atom stereocenters. The highest BCUT2D eigenvalue weighted by Gasteiger charge is 2.55. The van der Waals surface area contributed by atoms with E-state index in [2.05, 4.69) is 222 Å². The van der Waals surface area contributed by atoms with E-state index in [0.717, 1.165) is 23.4 Å². The minimum atomic E-state index is -0.480. The maximum atomic E-state index is 5.57. The second-order valence-electron chi connectivity index (χ2n) is 18.6. The maximum Gasteiger partial charge on any atom is 0.0721 e. The summed E-state index contributed by atoms with van der Waals surface area (Å²) in [4.78, 5) is 5.57. The fourth-order valence-corrected chi connectivity index (χ4v) is 11.8. The third-order valence-corrected chi connectivity index (χ3v) is 14.7. The van der Waals surface area contributed by atoms with Gasteiger partial charge in [-0.25, -0.2) is 4.98 Å². The molecule has 4 aliphatic rings. The summed E-state index contributed by atoms with van der Waals surface area (Å²) in [5.41, 5.74) is 24.0. The van der Waals surface area contributed by atoms with E-state index in [1.54, 1.807) is 0 Å². The van der Waals surface area contributed by atoms with Gasteiger partial charge in [-0.2, -0.15) is 0 Å². The van der Waals surface area contributed by atoms with Gasteiger partial charge in [-0.15, -0.1) is 0 Å². The lowest BCUT2D eigenvalue weighted by Crippen LogP contribution is -2.41. The molecule has 1 unspecified atom stereocenters. The normalized spacial score (nSPS) is 17.9. The van der Waals surface area contributed by atoms with Crippen LogP contribution in [0.2, 0.25) is 0 Å². The van der Waals surface area contributed by atoms with Crippen LogP contribution < -0.4 is 0 Å². The first kappa shape index (κ1) is 36.1. The quantitative estimate of drug-likeness (QED) is 0.173. The Balaban J connectivity index is 1.11. The van der Waals surface area contributed by atoms with Crippen LogP contribution in [0.25, 0.3) is 50.3 Å². The van der Waals surface area contributed by atoms with Crippen molar-refractivity contribution in [2.75, 3.05) is 0 Å². The third kappa shape index (κ3) is 5.04. The first-order chi connectivity index (χ1) is 29.8. The zero-order chi connectivity index (χ0) is 41.1. The van der Waals surface area contributed by atoms with Crippen LogP contribution in [0, 0.1) is 0 Å². The van der Waals surface area contributed by atoms with E-state index in [0.29, 0.717) is 0 Å². The van der Waals surface area contributed by atoms with Gasteiger partial charge in [0.25, 0.3) is 0 Å². The van der Waals surface area contributed by atoms with Gasteiger partial charge in [-0.1, -0.05) is 210 Å². The summed E-state index contributed by atoms with van der Waals surface area (Å²) < 4.78 is 0. The molecule has 12 rings (SSSR count). The van der Waals surface area contributed by atoms with Crippen LogP contribution in [-0.2, 0) is 16.2 Å². The molecule has 0 saturated carbocycles. The number of aromatic nitrogens is 1.